The Kier molecular flexibility index (Phi) is 5.17. The number of nitrogens with two attached hydrogens (primary N) is 1. The minimum Gasteiger partial charge on any atom is -0.292 e. The van der Waals surface area contributed by atoms with E-state index in [0.717, 1.165) is 0 Å². The summed E-state index contributed by atoms with van der Waals surface area (Å²) in [6.45, 7) is 3.62. The van der Waals surface area contributed by atoms with Crippen LogP contribution in [0.1, 0.15) is 20.3 Å². The highest BCUT2D eigenvalue weighted by molar-refractivity contribution is 7.89. The van der Waals surface area contributed by atoms with E-state index in [9.17, 15) is 8.42 Å². The van der Waals surface area contributed by atoms with Crippen molar-refractivity contribution in [2.75, 3.05) is 12.0 Å². The molecule has 0 spiro atoms. The van der Waals surface area contributed by atoms with E-state index in [1.54, 1.807) is 13.8 Å². The van der Waals surface area contributed by atoms with E-state index in [-0.39, 0.29) is 29.9 Å². The number of nitriles is 1. The fraction of sp³-hybridized carbons (Fsp3) is 0.500. The third-order valence-corrected chi connectivity index (χ3v) is 4.41. The van der Waals surface area contributed by atoms with Crippen molar-refractivity contribution in [3.05, 3.63) is 12.4 Å². The maximum absolute atomic E-state index is 12.4. The van der Waals surface area contributed by atoms with Gasteiger partial charge in [0.25, 0.3) is 0 Å². The van der Waals surface area contributed by atoms with Crippen LogP contribution in [0.15, 0.2) is 17.3 Å². The number of hydrogen-bond donors (Lipinski definition) is 2. The zero-order chi connectivity index (χ0) is 14.5. The van der Waals surface area contributed by atoms with Crippen LogP contribution in [0.5, 0.6) is 0 Å². The molecule has 0 saturated heterocycles. The van der Waals surface area contributed by atoms with Crippen molar-refractivity contribution >= 4 is 16.0 Å². The quantitative estimate of drug-likeness (QED) is 0.559. The first-order valence-corrected chi connectivity index (χ1v) is 7.05. The molecule has 8 nitrogen and oxygen atoms in total. The summed E-state index contributed by atoms with van der Waals surface area (Å²) in [6, 6.07) is 1.67. The molecular weight excluding hydrogens is 268 g/mol. The Morgan fingerprint density at radius 3 is 2.47 bits per heavy atom. The Morgan fingerprint density at radius 2 is 2.05 bits per heavy atom. The maximum atomic E-state index is 12.4. The van der Waals surface area contributed by atoms with Crippen LogP contribution in [0.4, 0.5) is 5.95 Å². The monoisotopic (exact) mass is 284 g/mol. The number of sulfonamides is 1. The van der Waals surface area contributed by atoms with Crippen molar-refractivity contribution < 1.29 is 8.42 Å². The Balaban J connectivity index is 3.08. The van der Waals surface area contributed by atoms with Crippen LogP contribution in [-0.2, 0) is 10.0 Å². The molecule has 0 aliphatic rings. The second-order valence-electron chi connectivity index (χ2n) is 4.00. The van der Waals surface area contributed by atoms with Gasteiger partial charge in [-0.3, -0.25) is 5.43 Å². The zero-order valence-electron chi connectivity index (χ0n) is 10.7. The van der Waals surface area contributed by atoms with Gasteiger partial charge in [0.15, 0.2) is 0 Å². The van der Waals surface area contributed by atoms with Gasteiger partial charge >= 0.3 is 0 Å². The average molecular weight is 284 g/mol. The highest BCUT2D eigenvalue weighted by atomic mass is 32.2. The zero-order valence-corrected chi connectivity index (χ0v) is 11.6. The van der Waals surface area contributed by atoms with Crippen molar-refractivity contribution in [3.8, 4) is 6.07 Å². The molecule has 0 atom stereocenters. The Bertz CT molecular complexity index is 548. The fourth-order valence-corrected chi connectivity index (χ4v) is 3.00. The molecule has 0 saturated carbocycles. The summed E-state index contributed by atoms with van der Waals surface area (Å²) in [4.78, 5) is 7.51. The number of aromatic nitrogens is 2. The molecule has 3 N–H and O–H groups in total. The van der Waals surface area contributed by atoms with E-state index in [4.69, 9.17) is 11.1 Å². The lowest BCUT2D eigenvalue weighted by molar-refractivity contribution is 0.360. The smallest absolute Gasteiger partial charge is 0.246 e. The lowest BCUT2D eigenvalue weighted by Gasteiger charge is -2.24. The summed E-state index contributed by atoms with van der Waals surface area (Å²) in [7, 11) is -3.71. The molecule has 0 bridgehead atoms. The van der Waals surface area contributed by atoms with Gasteiger partial charge in [-0.2, -0.15) is 9.57 Å². The fourth-order valence-electron chi connectivity index (χ4n) is 1.48. The SMILES string of the molecule is CC(C)N(CCC#N)S(=O)(=O)c1cnc(NN)nc1. The lowest BCUT2D eigenvalue weighted by atomic mass is 10.3. The van der Waals surface area contributed by atoms with Crippen molar-refractivity contribution in [3.63, 3.8) is 0 Å². The van der Waals surface area contributed by atoms with Gasteiger partial charge < -0.3 is 0 Å². The molecule has 1 heterocycles. The Labute approximate surface area is 112 Å². The van der Waals surface area contributed by atoms with Crippen LogP contribution >= 0.6 is 0 Å². The first-order valence-electron chi connectivity index (χ1n) is 5.61. The summed E-state index contributed by atoms with van der Waals surface area (Å²) in [5.74, 6) is 5.24. The van der Waals surface area contributed by atoms with E-state index < -0.39 is 10.0 Å². The molecule has 0 amide bonds. The van der Waals surface area contributed by atoms with Crippen LogP contribution in [0.3, 0.4) is 0 Å². The van der Waals surface area contributed by atoms with Gasteiger partial charge in [0.2, 0.25) is 16.0 Å². The average Bonchev–Trinajstić information content (AvgIpc) is 2.38. The third-order valence-electron chi connectivity index (χ3n) is 2.38. The molecule has 1 aromatic rings. The van der Waals surface area contributed by atoms with Crippen LogP contribution in [0.2, 0.25) is 0 Å². The molecule has 0 radical (unpaired) electrons. The van der Waals surface area contributed by atoms with Crippen molar-refractivity contribution in [2.45, 2.75) is 31.2 Å². The standard InChI is InChI=1S/C10H16N6O2S/c1-8(2)16(5-3-4-11)19(17,18)9-6-13-10(15-12)14-7-9/h6-8H,3,5,12H2,1-2H3,(H,13,14,15). The molecule has 19 heavy (non-hydrogen) atoms. The molecule has 1 aromatic heterocycles. The van der Waals surface area contributed by atoms with Gasteiger partial charge in [-0.25, -0.2) is 24.2 Å². The number of rotatable bonds is 6. The number of anilines is 1. The molecular formula is C10H16N6O2S. The highest BCUT2D eigenvalue weighted by Gasteiger charge is 2.27. The van der Waals surface area contributed by atoms with Crippen LogP contribution in [-0.4, -0.2) is 35.3 Å². The van der Waals surface area contributed by atoms with E-state index in [2.05, 4.69) is 15.4 Å². The topological polar surface area (TPSA) is 125 Å². The minimum absolute atomic E-state index is 0.0295. The van der Waals surface area contributed by atoms with Crippen LogP contribution < -0.4 is 11.3 Å². The molecule has 0 aliphatic heterocycles. The summed E-state index contributed by atoms with van der Waals surface area (Å²) in [6.07, 6.45) is 2.49. The first kappa shape index (κ1) is 15.3. The number of hydrazine groups is 1. The van der Waals surface area contributed by atoms with E-state index in [1.807, 2.05) is 6.07 Å². The largest absolute Gasteiger partial charge is 0.292 e. The van der Waals surface area contributed by atoms with Gasteiger partial charge in [0.05, 0.1) is 18.5 Å². The number of hydrogen-bond acceptors (Lipinski definition) is 7. The summed E-state index contributed by atoms with van der Waals surface area (Å²) < 4.78 is 26.0. The van der Waals surface area contributed by atoms with Gasteiger partial charge in [-0.05, 0) is 13.8 Å². The van der Waals surface area contributed by atoms with Gasteiger partial charge in [0, 0.05) is 19.0 Å². The Hall–Kier alpha value is -1.76. The predicted molar refractivity (Wildman–Crippen MR) is 69.1 cm³/mol. The summed E-state index contributed by atoms with van der Waals surface area (Å²) in [5, 5.41) is 8.58. The van der Waals surface area contributed by atoms with Crippen LogP contribution in [0.25, 0.3) is 0 Å². The third kappa shape index (κ3) is 3.60. The van der Waals surface area contributed by atoms with E-state index >= 15 is 0 Å². The molecule has 0 aromatic carbocycles. The summed E-state index contributed by atoms with van der Waals surface area (Å²) in [5.41, 5.74) is 2.22. The second kappa shape index (κ2) is 6.42. The highest BCUT2D eigenvalue weighted by Crippen LogP contribution is 2.17. The molecule has 9 heteroatoms. The van der Waals surface area contributed by atoms with Gasteiger partial charge in [-0.1, -0.05) is 0 Å². The molecule has 1 rings (SSSR count). The second-order valence-corrected chi connectivity index (χ2v) is 5.89. The molecule has 104 valence electrons. The number of nitrogen functional groups attached to an aromatic ring is 1. The van der Waals surface area contributed by atoms with Gasteiger partial charge in [0.1, 0.15) is 4.90 Å². The normalized spacial score (nSPS) is 11.6. The lowest BCUT2D eigenvalue weighted by Crippen LogP contribution is -2.37. The van der Waals surface area contributed by atoms with Crippen molar-refractivity contribution in [1.29, 1.82) is 5.26 Å². The van der Waals surface area contributed by atoms with E-state index in [0.29, 0.717) is 0 Å². The molecule has 0 unspecified atom stereocenters. The van der Waals surface area contributed by atoms with Crippen molar-refractivity contribution in [1.82, 2.24) is 14.3 Å². The van der Waals surface area contributed by atoms with Crippen molar-refractivity contribution in [2.24, 2.45) is 5.84 Å². The first-order chi connectivity index (χ1) is 8.93. The van der Waals surface area contributed by atoms with E-state index in [1.165, 1.54) is 16.7 Å². The summed E-state index contributed by atoms with van der Waals surface area (Å²) >= 11 is 0. The maximum Gasteiger partial charge on any atom is 0.246 e. The minimum atomic E-state index is -3.71. The molecule has 0 fully saturated rings. The number of nitrogens with one attached hydrogen (secondary N) is 1. The van der Waals surface area contributed by atoms with Crippen LogP contribution in [0, 0.1) is 11.3 Å². The number of nitrogens with zero attached hydrogens (tertiary/aromatic N) is 4. The van der Waals surface area contributed by atoms with Gasteiger partial charge in [-0.15, -0.1) is 0 Å². The molecule has 0 aliphatic carbocycles. The predicted octanol–water partition coefficient (Wildman–Crippen LogP) is 0.0750. The Morgan fingerprint density at radius 1 is 1.47 bits per heavy atom.